The van der Waals surface area contributed by atoms with Crippen LogP contribution in [0, 0.1) is 0 Å². The number of nitrogens with zero attached hydrogens (tertiary/aromatic N) is 1. The molecule has 1 fully saturated rings. The van der Waals surface area contributed by atoms with Crippen LogP contribution >= 0.6 is 0 Å². The monoisotopic (exact) mass is 276 g/mol. The average Bonchev–Trinajstić information content (AvgIpc) is 2.50. The number of nitrogens with one attached hydrogen (secondary N) is 1. The van der Waals surface area contributed by atoms with Gasteiger partial charge in [-0.05, 0) is 32.0 Å². The summed E-state index contributed by atoms with van der Waals surface area (Å²) in [6.45, 7) is 1.95. The summed E-state index contributed by atoms with van der Waals surface area (Å²) in [5, 5.41) is 3.37. The summed E-state index contributed by atoms with van der Waals surface area (Å²) in [6.07, 6.45) is 3.73. The van der Waals surface area contributed by atoms with Crippen LogP contribution < -0.4 is 5.32 Å². The second-order valence-electron chi connectivity index (χ2n) is 5.41. The molecule has 1 aliphatic heterocycles. The van der Waals surface area contributed by atoms with Gasteiger partial charge in [0.05, 0.1) is 7.11 Å². The summed E-state index contributed by atoms with van der Waals surface area (Å²) in [7, 11) is 3.59. The zero-order chi connectivity index (χ0) is 14.4. The number of hydrogen-bond donors (Lipinski definition) is 1. The van der Waals surface area contributed by atoms with Gasteiger partial charge < -0.3 is 9.64 Å². The second kappa shape index (κ2) is 7.41. The summed E-state index contributed by atoms with van der Waals surface area (Å²) < 4.78 is 4.92. The molecule has 4 heteroatoms. The molecule has 1 aliphatic rings. The highest BCUT2D eigenvalue weighted by Crippen LogP contribution is 2.17. The third kappa shape index (κ3) is 3.81. The first kappa shape index (κ1) is 15.0. The first-order valence-corrected chi connectivity index (χ1v) is 7.28. The molecule has 0 bridgehead atoms. The van der Waals surface area contributed by atoms with E-state index in [1.165, 1.54) is 26.4 Å². The smallest absolute Gasteiger partial charge is 0.327 e. The van der Waals surface area contributed by atoms with Crippen LogP contribution in [0.25, 0.3) is 0 Å². The lowest BCUT2D eigenvalue weighted by Crippen LogP contribution is -2.45. The SMILES string of the molecule is COC(=O)C(NCC1CCCCN1C)c1ccccc1. The Balaban J connectivity index is 1.99. The number of hydrogen-bond acceptors (Lipinski definition) is 4. The average molecular weight is 276 g/mol. The molecule has 4 nitrogen and oxygen atoms in total. The van der Waals surface area contributed by atoms with Gasteiger partial charge in [0.25, 0.3) is 0 Å². The Hall–Kier alpha value is -1.39. The molecule has 1 saturated heterocycles. The van der Waals surface area contributed by atoms with Gasteiger partial charge in [0.2, 0.25) is 0 Å². The van der Waals surface area contributed by atoms with E-state index in [2.05, 4.69) is 17.3 Å². The maximum Gasteiger partial charge on any atom is 0.327 e. The third-order valence-electron chi connectivity index (χ3n) is 4.05. The lowest BCUT2D eigenvalue weighted by atomic mass is 10.0. The molecule has 0 saturated carbocycles. The van der Waals surface area contributed by atoms with Crippen molar-refractivity contribution in [3.63, 3.8) is 0 Å². The summed E-state index contributed by atoms with van der Waals surface area (Å²) in [4.78, 5) is 14.3. The number of benzene rings is 1. The van der Waals surface area contributed by atoms with Crippen LogP contribution in [0.5, 0.6) is 0 Å². The van der Waals surface area contributed by atoms with E-state index in [0.29, 0.717) is 6.04 Å². The largest absolute Gasteiger partial charge is 0.468 e. The highest BCUT2D eigenvalue weighted by atomic mass is 16.5. The molecule has 0 spiro atoms. The van der Waals surface area contributed by atoms with Crippen LogP contribution in [0.15, 0.2) is 30.3 Å². The molecule has 2 unspecified atom stereocenters. The molecule has 0 amide bonds. The van der Waals surface area contributed by atoms with E-state index in [-0.39, 0.29) is 12.0 Å². The number of likely N-dealkylation sites (tertiary alicyclic amines) is 1. The predicted octanol–water partition coefficient (Wildman–Crippen LogP) is 1.97. The Morgan fingerprint density at radius 1 is 1.40 bits per heavy atom. The van der Waals surface area contributed by atoms with E-state index >= 15 is 0 Å². The molecule has 1 heterocycles. The topological polar surface area (TPSA) is 41.6 Å². The van der Waals surface area contributed by atoms with Crippen molar-refractivity contribution in [2.75, 3.05) is 27.2 Å². The number of carbonyl (C=O) groups is 1. The standard InChI is InChI=1S/C16H24N2O2/c1-18-11-7-6-10-14(18)12-17-15(16(19)20-2)13-8-4-3-5-9-13/h3-5,8-9,14-15,17H,6-7,10-12H2,1-2H3. The van der Waals surface area contributed by atoms with E-state index in [1.54, 1.807) is 0 Å². The third-order valence-corrected chi connectivity index (χ3v) is 4.05. The molecule has 1 aromatic carbocycles. The number of likely N-dealkylation sites (N-methyl/N-ethyl adjacent to an activating group) is 1. The number of methoxy groups -OCH3 is 1. The molecule has 0 aromatic heterocycles. The lowest BCUT2D eigenvalue weighted by molar-refractivity contribution is -0.143. The quantitative estimate of drug-likeness (QED) is 0.835. The Kier molecular flexibility index (Phi) is 5.56. The van der Waals surface area contributed by atoms with Crippen molar-refractivity contribution >= 4 is 5.97 Å². The van der Waals surface area contributed by atoms with Crippen LogP contribution in [0.4, 0.5) is 0 Å². The highest BCUT2D eigenvalue weighted by molar-refractivity contribution is 5.77. The van der Waals surface area contributed by atoms with E-state index in [0.717, 1.165) is 18.7 Å². The first-order valence-electron chi connectivity index (χ1n) is 7.28. The van der Waals surface area contributed by atoms with Crippen LogP contribution in [0.3, 0.4) is 0 Å². The highest BCUT2D eigenvalue weighted by Gasteiger charge is 2.24. The van der Waals surface area contributed by atoms with Crippen molar-refractivity contribution in [1.82, 2.24) is 10.2 Å². The summed E-state index contributed by atoms with van der Waals surface area (Å²) in [5.41, 5.74) is 0.956. The Bertz CT molecular complexity index is 422. The zero-order valence-electron chi connectivity index (χ0n) is 12.3. The summed E-state index contributed by atoms with van der Waals surface area (Å²) >= 11 is 0. The molecule has 0 radical (unpaired) electrons. The van der Waals surface area contributed by atoms with Crippen molar-refractivity contribution in [1.29, 1.82) is 0 Å². The molecule has 0 aliphatic carbocycles. The van der Waals surface area contributed by atoms with Crippen LogP contribution in [0.2, 0.25) is 0 Å². The van der Waals surface area contributed by atoms with Crippen molar-refractivity contribution in [2.24, 2.45) is 0 Å². The number of carbonyl (C=O) groups excluding carboxylic acids is 1. The zero-order valence-corrected chi connectivity index (χ0v) is 12.3. The maximum absolute atomic E-state index is 12.0. The van der Waals surface area contributed by atoms with Gasteiger partial charge in [-0.1, -0.05) is 36.8 Å². The van der Waals surface area contributed by atoms with Gasteiger partial charge in [0, 0.05) is 12.6 Å². The van der Waals surface area contributed by atoms with Gasteiger partial charge in [-0.2, -0.15) is 0 Å². The van der Waals surface area contributed by atoms with Crippen molar-refractivity contribution < 1.29 is 9.53 Å². The van der Waals surface area contributed by atoms with Gasteiger partial charge in [0.15, 0.2) is 0 Å². The van der Waals surface area contributed by atoms with Crippen molar-refractivity contribution in [2.45, 2.75) is 31.3 Å². The van der Waals surface area contributed by atoms with E-state index < -0.39 is 0 Å². The molecule has 1 N–H and O–H groups in total. The predicted molar refractivity (Wildman–Crippen MR) is 79.5 cm³/mol. The number of ether oxygens (including phenoxy) is 1. The van der Waals surface area contributed by atoms with Crippen molar-refractivity contribution in [3.05, 3.63) is 35.9 Å². The van der Waals surface area contributed by atoms with E-state index in [9.17, 15) is 4.79 Å². The van der Waals surface area contributed by atoms with Gasteiger partial charge in [-0.25, -0.2) is 4.79 Å². The molecule has 2 atom stereocenters. The number of esters is 1. The molecule has 2 rings (SSSR count). The molecule has 110 valence electrons. The maximum atomic E-state index is 12.0. The minimum atomic E-state index is -0.378. The van der Waals surface area contributed by atoms with Gasteiger partial charge >= 0.3 is 5.97 Å². The molecule has 1 aromatic rings. The fraction of sp³-hybridized carbons (Fsp3) is 0.562. The van der Waals surface area contributed by atoms with Crippen LogP contribution in [-0.2, 0) is 9.53 Å². The summed E-state index contributed by atoms with van der Waals surface area (Å²) in [6, 6.07) is 9.88. The van der Waals surface area contributed by atoms with Crippen LogP contribution in [0.1, 0.15) is 30.9 Å². The lowest BCUT2D eigenvalue weighted by Gasteiger charge is -2.33. The van der Waals surface area contributed by atoms with Crippen LogP contribution in [-0.4, -0.2) is 44.2 Å². The molecular weight excluding hydrogens is 252 g/mol. The summed E-state index contributed by atoms with van der Waals surface area (Å²) in [5.74, 6) is -0.227. The minimum absolute atomic E-state index is 0.227. The van der Waals surface area contributed by atoms with Crippen molar-refractivity contribution in [3.8, 4) is 0 Å². The molecular formula is C16H24N2O2. The fourth-order valence-electron chi connectivity index (χ4n) is 2.76. The van der Waals surface area contributed by atoms with E-state index in [4.69, 9.17) is 4.74 Å². The Morgan fingerprint density at radius 3 is 2.80 bits per heavy atom. The number of rotatable bonds is 5. The van der Waals surface area contributed by atoms with Gasteiger partial charge in [-0.15, -0.1) is 0 Å². The molecule has 20 heavy (non-hydrogen) atoms. The number of piperidine rings is 1. The normalized spacial score (nSPS) is 21.4. The second-order valence-corrected chi connectivity index (χ2v) is 5.41. The van der Waals surface area contributed by atoms with E-state index in [1.807, 2.05) is 30.3 Å². The Morgan fingerprint density at radius 2 is 2.15 bits per heavy atom. The first-order chi connectivity index (χ1) is 9.72. The Labute approximate surface area is 121 Å². The van der Waals surface area contributed by atoms with Gasteiger partial charge in [-0.3, -0.25) is 5.32 Å². The fourth-order valence-corrected chi connectivity index (χ4v) is 2.76. The minimum Gasteiger partial charge on any atom is -0.468 e. The van der Waals surface area contributed by atoms with Gasteiger partial charge in [0.1, 0.15) is 6.04 Å².